The van der Waals surface area contributed by atoms with E-state index in [-0.39, 0.29) is 18.9 Å². The van der Waals surface area contributed by atoms with Crippen LogP contribution in [0.4, 0.5) is 5.69 Å². The van der Waals surface area contributed by atoms with Gasteiger partial charge in [0.15, 0.2) is 0 Å². The van der Waals surface area contributed by atoms with E-state index in [0.29, 0.717) is 0 Å². The number of carboxylic acids is 1. The van der Waals surface area contributed by atoms with Gasteiger partial charge in [0.2, 0.25) is 5.91 Å². The molecule has 1 fully saturated rings. The van der Waals surface area contributed by atoms with E-state index >= 15 is 0 Å². The van der Waals surface area contributed by atoms with Crippen LogP contribution in [0.25, 0.3) is 0 Å². The Morgan fingerprint density at radius 2 is 2.25 bits per heavy atom. The Morgan fingerprint density at radius 3 is 2.81 bits per heavy atom. The number of hydrogen-bond donors (Lipinski definition) is 1. The van der Waals surface area contributed by atoms with Gasteiger partial charge in [0.1, 0.15) is 0 Å². The number of benzene rings is 1. The van der Waals surface area contributed by atoms with Crippen molar-refractivity contribution in [3.8, 4) is 0 Å². The standard InChI is InChI=1S/C11H10INO3/c12-8-2-1-3-9(5-8)13-6-7(11(15)16)4-10(13)14/h1-3,5,7H,4,6H2,(H,15,16). The molecule has 84 valence electrons. The normalized spacial score (nSPS) is 20.2. The van der Waals surface area contributed by atoms with Crippen molar-refractivity contribution in [3.05, 3.63) is 27.8 Å². The fourth-order valence-electron chi connectivity index (χ4n) is 1.77. The highest BCUT2D eigenvalue weighted by Gasteiger charge is 2.34. The van der Waals surface area contributed by atoms with Crippen LogP contribution in [0.5, 0.6) is 0 Å². The molecule has 1 aromatic carbocycles. The summed E-state index contributed by atoms with van der Waals surface area (Å²) in [5.74, 6) is -1.60. The number of amides is 1. The van der Waals surface area contributed by atoms with Crippen molar-refractivity contribution in [2.75, 3.05) is 11.4 Å². The minimum absolute atomic E-state index is 0.0980. The monoisotopic (exact) mass is 331 g/mol. The predicted octanol–water partition coefficient (Wildman–Crippen LogP) is 1.73. The van der Waals surface area contributed by atoms with E-state index in [1.54, 1.807) is 4.90 Å². The highest BCUT2D eigenvalue weighted by atomic mass is 127. The molecule has 1 aromatic rings. The van der Waals surface area contributed by atoms with Crippen molar-refractivity contribution in [1.82, 2.24) is 0 Å². The molecule has 1 atom stereocenters. The summed E-state index contributed by atoms with van der Waals surface area (Å²) in [7, 11) is 0. The van der Waals surface area contributed by atoms with E-state index in [1.165, 1.54) is 0 Å². The molecule has 1 aliphatic rings. The summed E-state index contributed by atoms with van der Waals surface area (Å²) in [6.45, 7) is 0.272. The minimum atomic E-state index is -0.901. The summed E-state index contributed by atoms with van der Waals surface area (Å²) < 4.78 is 1.03. The van der Waals surface area contributed by atoms with E-state index in [2.05, 4.69) is 22.6 Å². The van der Waals surface area contributed by atoms with Gasteiger partial charge in [-0.1, -0.05) is 6.07 Å². The second kappa shape index (κ2) is 4.40. The lowest BCUT2D eigenvalue weighted by Crippen LogP contribution is -2.25. The first-order valence-electron chi connectivity index (χ1n) is 4.86. The molecule has 0 saturated carbocycles. The summed E-state index contributed by atoms with van der Waals surface area (Å²) in [6, 6.07) is 7.49. The zero-order valence-electron chi connectivity index (χ0n) is 8.39. The number of nitrogens with zero attached hydrogens (tertiary/aromatic N) is 1. The van der Waals surface area contributed by atoms with Gasteiger partial charge in [0, 0.05) is 22.2 Å². The molecule has 0 bridgehead atoms. The van der Waals surface area contributed by atoms with Crippen LogP contribution in [-0.4, -0.2) is 23.5 Å². The Labute approximate surface area is 106 Å². The third-order valence-corrected chi connectivity index (χ3v) is 3.27. The molecule has 4 nitrogen and oxygen atoms in total. The van der Waals surface area contributed by atoms with Gasteiger partial charge in [0.05, 0.1) is 5.92 Å². The van der Waals surface area contributed by atoms with Crippen LogP contribution in [0.1, 0.15) is 6.42 Å². The van der Waals surface area contributed by atoms with Crippen LogP contribution in [0.2, 0.25) is 0 Å². The Kier molecular flexibility index (Phi) is 3.13. The van der Waals surface area contributed by atoms with Gasteiger partial charge in [0.25, 0.3) is 0 Å². The fourth-order valence-corrected chi connectivity index (χ4v) is 2.29. The van der Waals surface area contributed by atoms with Gasteiger partial charge >= 0.3 is 5.97 Å². The van der Waals surface area contributed by atoms with Crippen LogP contribution in [0.3, 0.4) is 0 Å². The average Bonchev–Trinajstić information content (AvgIpc) is 2.60. The van der Waals surface area contributed by atoms with Crippen molar-refractivity contribution in [3.63, 3.8) is 0 Å². The maximum Gasteiger partial charge on any atom is 0.308 e. The second-order valence-electron chi connectivity index (χ2n) is 3.72. The first-order valence-corrected chi connectivity index (χ1v) is 5.94. The quantitative estimate of drug-likeness (QED) is 0.840. The lowest BCUT2D eigenvalue weighted by atomic mass is 10.1. The third kappa shape index (κ3) is 2.18. The molecule has 1 amide bonds. The summed E-state index contributed by atoms with van der Waals surface area (Å²) in [5.41, 5.74) is 0.778. The Bertz CT molecular complexity index is 447. The van der Waals surface area contributed by atoms with Crippen LogP contribution >= 0.6 is 22.6 Å². The predicted molar refractivity (Wildman–Crippen MR) is 67.3 cm³/mol. The number of hydrogen-bond acceptors (Lipinski definition) is 2. The number of halogens is 1. The molecule has 16 heavy (non-hydrogen) atoms. The maximum atomic E-state index is 11.7. The molecule has 0 aromatic heterocycles. The van der Waals surface area contributed by atoms with Crippen LogP contribution in [0.15, 0.2) is 24.3 Å². The molecule has 5 heteroatoms. The molecule has 1 unspecified atom stereocenters. The SMILES string of the molecule is O=C(O)C1CC(=O)N(c2cccc(I)c2)C1. The van der Waals surface area contributed by atoms with E-state index in [0.717, 1.165) is 9.26 Å². The topological polar surface area (TPSA) is 57.6 Å². The van der Waals surface area contributed by atoms with Crippen molar-refractivity contribution in [1.29, 1.82) is 0 Å². The summed E-state index contributed by atoms with van der Waals surface area (Å²) in [6.07, 6.45) is 0.0980. The van der Waals surface area contributed by atoms with Crippen molar-refractivity contribution in [2.45, 2.75) is 6.42 Å². The molecule has 2 rings (SSSR count). The van der Waals surface area contributed by atoms with Crippen molar-refractivity contribution in [2.24, 2.45) is 5.92 Å². The number of rotatable bonds is 2. The van der Waals surface area contributed by atoms with Gasteiger partial charge in [-0.2, -0.15) is 0 Å². The Hall–Kier alpha value is -1.11. The summed E-state index contributed by atoms with van der Waals surface area (Å²) >= 11 is 2.16. The first-order chi connectivity index (χ1) is 7.58. The lowest BCUT2D eigenvalue weighted by molar-refractivity contribution is -0.141. The number of carbonyl (C=O) groups is 2. The van der Waals surface area contributed by atoms with Crippen LogP contribution < -0.4 is 4.90 Å². The van der Waals surface area contributed by atoms with E-state index in [9.17, 15) is 9.59 Å². The van der Waals surface area contributed by atoms with E-state index in [1.807, 2.05) is 24.3 Å². The van der Waals surface area contributed by atoms with Gasteiger partial charge in [-0.05, 0) is 40.8 Å². The van der Waals surface area contributed by atoms with Crippen molar-refractivity contribution >= 4 is 40.2 Å². The number of aliphatic carboxylic acids is 1. The Morgan fingerprint density at radius 1 is 1.50 bits per heavy atom. The van der Waals surface area contributed by atoms with Crippen LogP contribution in [0, 0.1) is 9.49 Å². The molecule has 1 saturated heterocycles. The van der Waals surface area contributed by atoms with Gasteiger partial charge in [-0.25, -0.2) is 0 Å². The summed E-state index contributed by atoms with van der Waals surface area (Å²) in [4.78, 5) is 24.0. The maximum absolute atomic E-state index is 11.7. The largest absolute Gasteiger partial charge is 0.481 e. The second-order valence-corrected chi connectivity index (χ2v) is 4.97. The highest BCUT2D eigenvalue weighted by molar-refractivity contribution is 14.1. The Balaban J connectivity index is 2.23. The van der Waals surface area contributed by atoms with Gasteiger partial charge < -0.3 is 10.0 Å². The molecule has 0 spiro atoms. The van der Waals surface area contributed by atoms with Crippen molar-refractivity contribution < 1.29 is 14.7 Å². The van der Waals surface area contributed by atoms with E-state index < -0.39 is 11.9 Å². The first kappa shape index (κ1) is 11.4. The lowest BCUT2D eigenvalue weighted by Gasteiger charge is -2.16. The minimum Gasteiger partial charge on any atom is -0.481 e. The fraction of sp³-hybridized carbons (Fsp3) is 0.273. The van der Waals surface area contributed by atoms with Gasteiger partial charge in [-0.15, -0.1) is 0 Å². The zero-order chi connectivity index (χ0) is 11.7. The molecular weight excluding hydrogens is 321 g/mol. The highest BCUT2D eigenvalue weighted by Crippen LogP contribution is 2.26. The number of anilines is 1. The molecule has 0 aliphatic carbocycles. The van der Waals surface area contributed by atoms with E-state index in [4.69, 9.17) is 5.11 Å². The average molecular weight is 331 g/mol. The molecule has 0 radical (unpaired) electrons. The third-order valence-electron chi connectivity index (χ3n) is 2.59. The molecular formula is C11H10INO3. The summed E-state index contributed by atoms with van der Waals surface area (Å²) in [5, 5.41) is 8.87. The smallest absolute Gasteiger partial charge is 0.308 e. The zero-order valence-corrected chi connectivity index (χ0v) is 10.5. The van der Waals surface area contributed by atoms with Crippen LogP contribution in [-0.2, 0) is 9.59 Å². The number of carboxylic acid groups (broad SMARTS) is 1. The number of carbonyl (C=O) groups excluding carboxylic acids is 1. The molecule has 1 N–H and O–H groups in total. The molecule has 1 aliphatic heterocycles. The molecule has 1 heterocycles. The van der Waals surface area contributed by atoms with Gasteiger partial charge in [-0.3, -0.25) is 9.59 Å².